The van der Waals surface area contributed by atoms with Gasteiger partial charge in [-0.25, -0.2) is 4.79 Å². The molecule has 0 radical (unpaired) electrons. The van der Waals surface area contributed by atoms with Gasteiger partial charge in [0.25, 0.3) is 0 Å². The van der Waals surface area contributed by atoms with Crippen LogP contribution < -0.4 is 0 Å². The van der Waals surface area contributed by atoms with Gasteiger partial charge in [0.05, 0.1) is 13.0 Å². The lowest BCUT2D eigenvalue weighted by Gasteiger charge is -2.11. The van der Waals surface area contributed by atoms with Gasteiger partial charge in [0, 0.05) is 0 Å². The van der Waals surface area contributed by atoms with Crippen LogP contribution in [0.3, 0.4) is 0 Å². The van der Waals surface area contributed by atoms with Crippen LogP contribution in [0.5, 0.6) is 0 Å². The minimum Gasteiger partial charge on any atom is -0.466 e. The lowest BCUT2D eigenvalue weighted by molar-refractivity contribution is -0.163. The van der Waals surface area contributed by atoms with Crippen LogP contribution in [0.15, 0.2) is 36.4 Å². The molecule has 0 aliphatic heterocycles. The summed E-state index contributed by atoms with van der Waals surface area (Å²) in [4.78, 5) is 23.1. The molecule has 0 heterocycles. The van der Waals surface area contributed by atoms with E-state index in [2.05, 4.69) is 4.74 Å². The molecule has 4 heteroatoms. The number of hydrogen-bond acceptors (Lipinski definition) is 4. The quantitative estimate of drug-likeness (QED) is 0.761. The lowest BCUT2D eigenvalue weighted by Crippen LogP contribution is -2.27. The van der Waals surface area contributed by atoms with E-state index in [0.29, 0.717) is 0 Å². The fourth-order valence-electron chi connectivity index (χ4n) is 1.59. The number of carbonyl (C=O) groups excluding carboxylic acids is 2. The minimum atomic E-state index is -0.974. The van der Waals surface area contributed by atoms with Crippen LogP contribution in [-0.2, 0) is 19.1 Å². The first-order valence-electron chi connectivity index (χ1n) is 6.22. The summed E-state index contributed by atoms with van der Waals surface area (Å²) in [5.41, 5.74) is 0.930. The molecule has 1 aliphatic carbocycles. The predicted octanol–water partition coefficient (Wildman–Crippen LogP) is 2.19. The molecule has 0 bridgehead atoms. The average molecular weight is 260 g/mol. The fraction of sp³-hybridized carbons (Fsp3) is 0.333. The van der Waals surface area contributed by atoms with E-state index in [9.17, 15) is 9.59 Å². The largest absolute Gasteiger partial charge is 0.466 e. The molecule has 1 fully saturated rings. The van der Waals surface area contributed by atoms with E-state index < -0.39 is 12.1 Å². The Morgan fingerprint density at radius 1 is 1.26 bits per heavy atom. The van der Waals surface area contributed by atoms with Crippen LogP contribution in [0.1, 0.15) is 18.4 Å². The molecule has 0 saturated heterocycles. The summed E-state index contributed by atoms with van der Waals surface area (Å²) in [6.07, 6.45) is 3.99. The molecule has 1 atom stereocenters. The first-order chi connectivity index (χ1) is 9.20. The highest BCUT2D eigenvalue weighted by Crippen LogP contribution is 2.30. The van der Waals surface area contributed by atoms with Crippen molar-refractivity contribution < 1.29 is 19.1 Å². The van der Waals surface area contributed by atoms with Gasteiger partial charge in [-0.1, -0.05) is 36.4 Å². The van der Waals surface area contributed by atoms with Crippen molar-refractivity contribution in [1.82, 2.24) is 0 Å². The minimum absolute atomic E-state index is 0.0442. The van der Waals surface area contributed by atoms with Gasteiger partial charge in [-0.15, -0.1) is 0 Å². The first kappa shape index (κ1) is 13.3. The Morgan fingerprint density at radius 2 is 1.95 bits per heavy atom. The van der Waals surface area contributed by atoms with Gasteiger partial charge in [-0.3, -0.25) is 4.79 Å². The number of hydrogen-bond donors (Lipinski definition) is 0. The highest BCUT2D eigenvalue weighted by molar-refractivity contribution is 5.83. The molecule has 0 amide bonds. The first-order valence-corrected chi connectivity index (χ1v) is 6.22. The molecule has 4 nitrogen and oxygen atoms in total. The third-order valence-electron chi connectivity index (χ3n) is 2.85. The number of benzene rings is 1. The van der Waals surface area contributed by atoms with Crippen molar-refractivity contribution in [2.24, 2.45) is 5.92 Å². The van der Waals surface area contributed by atoms with Crippen molar-refractivity contribution in [1.29, 1.82) is 0 Å². The summed E-state index contributed by atoms with van der Waals surface area (Å²) >= 11 is 0. The van der Waals surface area contributed by atoms with Crippen LogP contribution >= 0.6 is 0 Å². The molecule has 0 aromatic heterocycles. The molecule has 0 spiro atoms. The summed E-state index contributed by atoms with van der Waals surface area (Å²) in [6, 6.07) is 9.48. The molecule has 0 unspecified atom stereocenters. The highest BCUT2D eigenvalue weighted by atomic mass is 16.6. The summed E-state index contributed by atoms with van der Waals surface area (Å²) < 4.78 is 9.78. The van der Waals surface area contributed by atoms with E-state index >= 15 is 0 Å². The van der Waals surface area contributed by atoms with Gasteiger partial charge in [0.2, 0.25) is 6.10 Å². The molecule has 19 heavy (non-hydrogen) atoms. The summed E-state index contributed by atoms with van der Waals surface area (Å²) in [5.74, 6) is -0.938. The van der Waals surface area contributed by atoms with E-state index in [0.717, 1.165) is 18.4 Å². The number of esters is 2. The zero-order valence-electron chi connectivity index (χ0n) is 10.7. The predicted molar refractivity (Wildman–Crippen MR) is 70.1 cm³/mol. The van der Waals surface area contributed by atoms with Crippen LogP contribution in [0, 0.1) is 5.92 Å². The Kier molecular flexibility index (Phi) is 4.34. The normalized spacial score (nSPS) is 16.1. The Balaban J connectivity index is 2.02. The van der Waals surface area contributed by atoms with Gasteiger partial charge >= 0.3 is 11.9 Å². The number of ether oxygens (including phenoxy) is 2. The molecule has 1 saturated carbocycles. The van der Waals surface area contributed by atoms with Crippen LogP contribution in [0.2, 0.25) is 0 Å². The number of rotatable bonds is 5. The van der Waals surface area contributed by atoms with E-state index in [1.165, 1.54) is 7.11 Å². The Labute approximate surface area is 112 Å². The van der Waals surface area contributed by atoms with Crippen molar-refractivity contribution in [2.75, 3.05) is 7.11 Å². The van der Waals surface area contributed by atoms with Gasteiger partial charge in [-0.2, -0.15) is 0 Å². The van der Waals surface area contributed by atoms with Gasteiger partial charge < -0.3 is 9.47 Å². The zero-order chi connectivity index (χ0) is 13.7. The maximum absolute atomic E-state index is 11.6. The van der Waals surface area contributed by atoms with Crippen LogP contribution in [-0.4, -0.2) is 25.2 Å². The topological polar surface area (TPSA) is 52.6 Å². The molecule has 2 rings (SSSR count). The Morgan fingerprint density at radius 3 is 2.53 bits per heavy atom. The lowest BCUT2D eigenvalue weighted by atomic mass is 10.2. The van der Waals surface area contributed by atoms with Gasteiger partial charge in [0.15, 0.2) is 0 Å². The fourth-order valence-corrected chi connectivity index (χ4v) is 1.59. The third kappa shape index (κ3) is 3.95. The monoisotopic (exact) mass is 260 g/mol. The van der Waals surface area contributed by atoms with Crippen LogP contribution in [0.4, 0.5) is 0 Å². The Bertz CT molecular complexity index is 474. The molecule has 100 valence electrons. The van der Waals surface area contributed by atoms with Crippen molar-refractivity contribution in [3.63, 3.8) is 0 Å². The summed E-state index contributed by atoms with van der Waals surface area (Å²) in [7, 11) is 1.27. The summed E-state index contributed by atoms with van der Waals surface area (Å²) in [6.45, 7) is 0. The van der Waals surface area contributed by atoms with Crippen molar-refractivity contribution in [3.05, 3.63) is 42.0 Å². The van der Waals surface area contributed by atoms with Crippen molar-refractivity contribution in [2.45, 2.75) is 18.9 Å². The van der Waals surface area contributed by atoms with E-state index in [4.69, 9.17) is 4.74 Å². The van der Waals surface area contributed by atoms with E-state index in [-0.39, 0.29) is 11.9 Å². The average Bonchev–Trinajstić information content (AvgIpc) is 3.28. The number of methoxy groups -OCH3 is 1. The zero-order valence-corrected chi connectivity index (χ0v) is 10.7. The molecule has 0 N–H and O–H groups in total. The van der Waals surface area contributed by atoms with E-state index in [1.807, 2.05) is 30.3 Å². The van der Waals surface area contributed by atoms with Gasteiger partial charge in [-0.05, 0) is 24.5 Å². The molecule has 1 aliphatic rings. The second kappa shape index (κ2) is 6.18. The summed E-state index contributed by atoms with van der Waals surface area (Å²) in [5, 5.41) is 0. The van der Waals surface area contributed by atoms with E-state index in [1.54, 1.807) is 12.2 Å². The second-order valence-corrected chi connectivity index (χ2v) is 4.42. The molecular weight excluding hydrogens is 244 g/mol. The van der Waals surface area contributed by atoms with Crippen LogP contribution in [0.25, 0.3) is 6.08 Å². The highest BCUT2D eigenvalue weighted by Gasteiger charge is 2.34. The molecular formula is C15H16O4. The molecule has 1 aromatic carbocycles. The standard InChI is InChI=1S/C15H16O4/c1-18-15(17)13(19-14(16)12-8-9-12)10-7-11-5-3-2-4-6-11/h2-7,10,12-13H,8-9H2,1H3/b10-7+/t13-/m1/s1. The third-order valence-corrected chi connectivity index (χ3v) is 2.85. The number of carbonyl (C=O) groups is 2. The van der Waals surface area contributed by atoms with Crippen molar-refractivity contribution in [3.8, 4) is 0 Å². The van der Waals surface area contributed by atoms with Crippen molar-refractivity contribution >= 4 is 18.0 Å². The molecule has 1 aromatic rings. The second-order valence-electron chi connectivity index (χ2n) is 4.42. The Hall–Kier alpha value is -2.10. The maximum atomic E-state index is 11.6. The smallest absolute Gasteiger partial charge is 0.351 e. The van der Waals surface area contributed by atoms with Gasteiger partial charge in [0.1, 0.15) is 0 Å². The SMILES string of the molecule is COC(=O)[C@@H](/C=C/c1ccccc1)OC(=O)C1CC1. The maximum Gasteiger partial charge on any atom is 0.351 e.